The van der Waals surface area contributed by atoms with Crippen LogP contribution in [0, 0.1) is 0 Å². The van der Waals surface area contributed by atoms with Gasteiger partial charge in [0.15, 0.2) is 5.82 Å². The lowest BCUT2D eigenvalue weighted by Gasteiger charge is -2.17. The second-order valence-corrected chi connectivity index (χ2v) is 4.81. The summed E-state index contributed by atoms with van der Waals surface area (Å²) in [5, 5.41) is 3.92. The van der Waals surface area contributed by atoms with Crippen LogP contribution in [-0.2, 0) is 6.42 Å². The highest BCUT2D eigenvalue weighted by molar-refractivity contribution is 5.41. The molecule has 1 saturated carbocycles. The highest BCUT2D eigenvalue weighted by Crippen LogP contribution is 2.34. The van der Waals surface area contributed by atoms with Crippen LogP contribution in [0.25, 0.3) is 0 Å². The summed E-state index contributed by atoms with van der Waals surface area (Å²) in [5.74, 6) is 2.22. The van der Waals surface area contributed by atoms with Crippen LogP contribution in [0.4, 0.5) is 5.82 Å². The zero-order chi connectivity index (χ0) is 11.4. The van der Waals surface area contributed by atoms with Gasteiger partial charge in [-0.15, -0.1) is 0 Å². The molecular weight excluding hydrogens is 200 g/mol. The van der Waals surface area contributed by atoms with Crippen molar-refractivity contribution in [3.63, 3.8) is 0 Å². The maximum absolute atomic E-state index is 5.82. The van der Waals surface area contributed by atoms with Crippen LogP contribution in [0.3, 0.4) is 0 Å². The Hall–Kier alpha value is -0.990. The Morgan fingerprint density at radius 3 is 2.44 bits per heavy atom. The van der Waals surface area contributed by atoms with E-state index in [0.29, 0.717) is 11.7 Å². The molecule has 1 aliphatic carbocycles. The number of aromatic nitrogens is 1. The molecule has 1 aliphatic rings. The molecule has 0 bridgehead atoms. The van der Waals surface area contributed by atoms with E-state index < -0.39 is 0 Å². The third-order valence-corrected chi connectivity index (χ3v) is 3.68. The number of nitrogen functional groups attached to an aromatic ring is 1. The maximum Gasteiger partial charge on any atom is 0.170 e. The predicted octanol–water partition coefficient (Wildman–Crippen LogP) is 3.65. The van der Waals surface area contributed by atoms with Gasteiger partial charge in [0.25, 0.3) is 0 Å². The number of hydrogen-bond acceptors (Lipinski definition) is 3. The van der Waals surface area contributed by atoms with Crippen molar-refractivity contribution in [2.45, 2.75) is 64.2 Å². The van der Waals surface area contributed by atoms with Crippen LogP contribution < -0.4 is 5.73 Å². The lowest BCUT2D eigenvalue weighted by atomic mass is 9.87. The number of rotatable bonds is 2. The van der Waals surface area contributed by atoms with Crippen molar-refractivity contribution in [3.8, 4) is 0 Å². The van der Waals surface area contributed by atoms with E-state index in [1.165, 1.54) is 44.9 Å². The summed E-state index contributed by atoms with van der Waals surface area (Å²) in [6.45, 7) is 2.12. The third kappa shape index (κ3) is 2.39. The van der Waals surface area contributed by atoms with Crippen molar-refractivity contribution < 1.29 is 4.52 Å². The van der Waals surface area contributed by atoms with Crippen molar-refractivity contribution in [1.82, 2.24) is 5.16 Å². The summed E-state index contributed by atoms with van der Waals surface area (Å²) >= 11 is 0. The lowest BCUT2D eigenvalue weighted by molar-refractivity contribution is 0.329. The molecule has 2 N–H and O–H groups in total. The van der Waals surface area contributed by atoms with Crippen LogP contribution in [0.5, 0.6) is 0 Å². The molecule has 3 heteroatoms. The fraction of sp³-hybridized carbons (Fsp3) is 0.769. The first-order valence-corrected chi connectivity index (χ1v) is 6.56. The summed E-state index contributed by atoms with van der Waals surface area (Å²) in [5.41, 5.74) is 6.97. The normalized spacial score (nSPS) is 19.3. The molecule has 16 heavy (non-hydrogen) atoms. The topological polar surface area (TPSA) is 52.0 Å². The number of nitrogens with zero attached hydrogens (tertiary/aromatic N) is 1. The number of hydrogen-bond donors (Lipinski definition) is 1. The Morgan fingerprint density at radius 1 is 1.19 bits per heavy atom. The van der Waals surface area contributed by atoms with Crippen LogP contribution in [0.2, 0.25) is 0 Å². The van der Waals surface area contributed by atoms with Crippen molar-refractivity contribution in [1.29, 1.82) is 0 Å². The molecule has 3 nitrogen and oxygen atoms in total. The molecule has 1 fully saturated rings. The highest BCUT2D eigenvalue weighted by atomic mass is 16.5. The highest BCUT2D eigenvalue weighted by Gasteiger charge is 2.22. The average Bonchev–Trinajstić information content (AvgIpc) is 2.59. The molecule has 0 saturated heterocycles. The molecule has 2 rings (SSSR count). The first-order chi connectivity index (χ1) is 7.83. The monoisotopic (exact) mass is 222 g/mol. The molecule has 1 heterocycles. The van der Waals surface area contributed by atoms with Gasteiger partial charge in [0.2, 0.25) is 0 Å². The Labute approximate surface area is 97.4 Å². The van der Waals surface area contributed by atoms with E-state index in [1.807, 2.05) is 0 Å². The standard InChI is InChI=1S/C13H22N2O/c1-2-11-12(16-15-13(11)14)10-8-6-4-3-5-7-9-10/h10H,2-9H2,1H3,(H2,14,15). The fourth-order valence-corrected chi connectivity index (χ4v) is 2.73. The molecule has 0 aliphatic heterocycles. The van der Waals surface area contributed by atoms with Gasteiger partial charge in [-0.1, -0.05) is 44.2 Å². The fourth-order valence-electron chi connectivity index (χ4n) is 2.73. The number of anilines is 1. The second kappa shape index (κ2) is 5.37. The van der Waals surface area contributed by atoms with E-state index >= 15 is 0 Å². The van der Waals surface area contributed by atoms with Gasteiger partial charge in [0.1, 0.15) is 5.76 Å². The van der Waals surface area contributed by atoms with E-state index in [1.54, 1.807) is 0 Å². The third-order valence-electron chi connectivity index (χ3n) is 3.68. The van der Waals surface area contributed by atoms with E-state index in [9.17, 15) is 0 Å². The molecule has 0 spiro atoms. The molecule has 0 amide bonds. The van der Waals surface area contributed by atoms with Crippen molar-refractivity contribution in [3.05, 3.63) is 11.3 Å². The summed E-state index contributed by atoms with van der Waals surface area (Å²) in [6.07, 6.45) is 10.2. The molecule has 0 radical (unpaired) electrons. The van der Waals surface area contributed by atoms with Crippen molar-refractivity contribution >= 4 is 5.82 Å². The molecule has 90 valence electrons. The minimum absolute atomic E-state index is 0.556. The van der Waals surface area contributed by atoms with Crippen LogP contribution in [0.1, 0.15) is 69.1 Å². The van der Waals surface area contributed by atoms with E-state index in [4.69, 9.17) is 10.3 Å². The first kappa shape index (κ1) is 11.5. The lowest BCUT2D eigenvalue weighted by Crippen LogP contribution is -2.04. The van der Waals surface area contributed by atoms with Crippen LogP contribution in [-0.4, -0.2) is 5.16 Å². The molecule has 0 unspecified atom stereocenters. The molecular formula is C13H22N2O. The zero-order valence-electron chi connectivity index (χ0n) is 10.2. The summed E-state index contributed by atoms with van der Waals surface area (Å²) in [6, 6.07) is 0. The van der Waals surface area contributed by atoms with Crippen molar-refractivity contribution in [2.24, 2.45) is 0 Å². The second-order valence-electron chi connectivity index (χ2n) is 4.81. The SMILES string of the molecule is CCc1c(N)noc1C1CCCCCCC1. The van der Waals surface area contributed by atoms with Gasteiger partial charge >= 0.3 is 0 Å². The Balaban J connectivity index is 2.13. The van der Waals surface area contributed by atoms with E-state index in [0.717, 1.165) is 17.7 Å². The molecule has 0 atom stereocenters. The van der Waals surface area contributed by atoms with E-state index in [2.05, 4.69) is 12.1 Å². The van der Waals surface area contributed by atoms with Crippen LogP contribution in [0.15, 0.2) is 4.52 Å². The molecule has 1 aromatic rings. The summed E-state index contributed by atoms with van der Waals surface area (Å²) in [4.78, 5) is 0. The average molecular weight is 222 g/mol. The Kier molecular flexibility index (Phi) is 3.86. The Morgan fingerprint density at radius 2 is 1.81 bits per heavy atom. The van der Waals surface area contributed by atoms with Gasteiger partial charge in [0, 0.05) is 11.5 Å². The summed E-state index contributed by atoms with van der Waals surface area (Å²) in [7, 11) is 0. The first-order valence-electron chi connectivity index (χ1n) is 6.56. The van der Waals surface area contributed by atoms with Crippen molar-refractivity contribution in [2.75, 3.05) is 5.73 Å². The minimum Gasteiger partial charge on any atom is -0.381 e. The predicted molar refractivity (Wildman–Crippen MR) is 65.4 cm³/mol. The van der Waals surface area contributed by atoms with Crippen LogP contribution >= 0.6 is 0 Å². The maximum atomic E-state index is 5.82. The minimum atomic E-state index is 0.556. The quantitative estimate of drug-likeness (QED) is 0.831. The van der Waals surface area contributed by atoms with E-state index in [-0.39, 0.29) is 0 Å². The van der Waals surface area contributed by atoms with Gasteiger partial charge in [-0.3, -0.25) is 0 Å². The smallest absolute Gasteiger partial charge is 0.170 e. The largest absolute Gasteiger partial charge is 0.381 e. The van der Waals surface area contributed by atoms with Gasteiger partial charge in [0.05, 0.1) is 0 Å². The van der Waals surface area contributed by atoms with Gasteiger partial charge in [-0.05, 0) is 19.3 Å². The molecule has 0 aromatic carbocycles. The van der Waals surface area contributed by atoms with Gasteiger partial charge in [-0.25, -0.2) is 0 Å². The zero-order valence-corrected chi connectivity index (χ0v) is 10.2. The van der Waals surface area contributed by atoms with Gasteiger partial charge < -0.3 is 10.3 Å². The molecule has 1 aromatic heterocycles. The Bertz CT molecular complexity index is 325. The summed E-state index contributed by atoms with van der Waals surface area (Å²) < 4.78 is 5.45. The number of nitrogens with two attached hydrogens (primary N) is 1. The van der Waals surface area contributed by atoms with Gasteiger partial charge in [-0.2, -0.15) is 0 Å².